The van der Waals surface area contributed by atoms with Gasteiger partial charge in [0.25, 0.3) is 0 Å². The molecule has 6 N–H and O–H groups in total. The average molecular weight is 1160 g/mol. The maximum atomic E-state index is 14.8. The number of carbonyl (C=O) groups excluding carboxylic acids is 7. The molecule has 8 atom stereocenters. The van der Waals surface area contributed by atoms with Crippen molar-refractivity contribution < 1.29 is 52.9 Å². The average Bonchev–Trinajstić information content (AvgIpc) is 4.42. The van der Waals surface area contributed by atoms with Gasteiger partial charge in [0.15, 0.2) is 0 Å². The molecule has 3 fully saturated rings. The Balaban J connectivity index is 0.898. The standard InChI is InChI=1S/C57H76ClN11O11S/c1-32(35-15-17-37(18-16-35)49-33(2)60-31-81-49)61-52(74)44-25-40(71)26-67(44)54(76)50-57(7,8)30-78-29-45-41(64-65-69(45)50)13-9-11-36-12-10-14-46(48(36)58)79-28-38(19-22-47(59)72)62-51(73)43-21-20-39-23-24-66(34(3)70)27-42(53(75)68(39)43)63-55(77)80-56(4,5)6/h10,12,14-18,31-32,38-40,42-44,50,71H,9,11,13,19-30H2,1-8H3,(H2,59,72)(H,61,74)(H,62,73)(H,63,77)/t32-,38-,39+,40+,42-,43-,44-,50+/m0/s1. The first-order chi connectivity index (χ1) is 38.4. The molecule has 4 aliphatic rings. The van der Waals surface area contributed by atoms with Gasteiger partial charge < -0.3 is 55.7 Å². The molecule has 438 valence electrons. The third-order valence-electron chi connectivity index (χ3n) is 15.5. The second kappa shape index (κ2) is 25.6. The minimum Gasteiger partial charge on any atom is -0.490 e. The number of aliphatic hydroxyl groups is 1. The van der Waals surface area contributed by atoms with E-state index in [1.165, 1.54) is 21.6 Å². The number of halogens is 1. The molecule has 0 spiro atoms. The van der Waals surface area contributed by atoms with Crippen molar-refractivity contribution in [1.29, 1.82) is 0 Å². The molecular weight excluding hydrogens is 1080 g/mol. The number of nitrogens with one attached hydrogen (secondary N) is 3. The molecule has 4 aromatic rings. The van der Waals surface area contributed by atoms with Crippen LogP contribution in [0.1, 0.15) is 134 Å². The van der Waals surface area contributed by atoms with Crippen LogP contribution in [0.15, 0.2) is 48.0 Å². The van der Waals surface area contributed by atoms with Crippen LogP contribution in [0.3, 0.4) is 0 Å². The van der Waals surface area contributed by atoms with E-state index in [1.807, 2.05) is 63.5 Å². The molecule has 8 rings (SSSR count). The summed E-state index contributed by atoms with van der Waals surface area (Å²) in [7, 11) is 0. The number of carbonyl (C=O) groups is 7. The zero-order valence-electron chi connectivity index (χ0n) is 47.4. The molecular formula is C57H76ClN11O11S. The highest BCUT2D eigenvalue weighted by atomic mass is 35.5. The zero-order valence-corrected chi connectivity index (χ0v) is 48.9. The van der Waals surface area contributed by atoms with Gasteiger partial charge in [-0.1, -0.05) is 67.1 Å². The second-order valence-electron chi connectivity index (χ2n) is 23.4. The Morgan fingerprint density at radius 1 is 1.00 bits per heavy atom. The molecule has 0 aliphatic carbocycles. The lowest BCUT2D eigenvalue weighted by Crippen LogP contribution is -2.61. The van der Waals surface area contributed by atoms with Crippen LogP contribution in [0.2, 0.25) is 5.02 Å². The number of hydrogen-bond donors (Lipinski definition) is 5. The molecule has 24 heteroatoms. The quantitative estimate of drug-likeness (QED) is 0.0866. The third-order valence-corrected chi connectivity index (χ3v) is 16.9. The molecule has 6 heterocycles. The number of benzene rings is 2. The minimum absolute atomic E-state index is 0.0191. The highest BCUT2D eigenvalue weighted by Crippen LogP contribution is 2.40. The van der Waals surface area contributed by atoms with Gasteiger partial charge in [-0.25, -0.2) is 14.5 Å². The molecule has 22 nitrogen and oxygen atoms in total. The van der Waals surface area contributed by atoms with Gasteiger partial charge in [0.2, 0.25) is 35.4 Å². The first-order valence-corrected chi connectivity index (χ1v) is 29.0. The van der Waals surface area contributed by atoms with Crippen LogP contribution in [-0.4, -0.2) is 156 Å². The van der Waals surface area contributed by atoms with Gasteiger partial charge >= 0.3 is 6.09 Å². The summed E-state index contributed by atoms with van der Waals surface area (Å²) >= 11 is 8.57. The maximum Gasteiger partial charge on any atom is 0.408 e. The van der Waals surface area contributed by atoms with Crippen LogP contribution < -0.4 is 26.4 Å². The number of primary amides is 1. The topological polar surface area (TPSA) is 283 Å². The summed E-state index contributed by atoms with van der Waals surface area (Å²) < 4.78 is 19.5. The number of nitrogens with two attached hydrogens (primary N) is 1. The summed E-state index contributed by atoms with van der Waals surface area (Å²) in [6.07, 6.45) is 1.20. The number of rotatable bonds is 18. The number of nitrogens with zero attached hydrogens (tertiary/aromatic N) is 7. The lowest BCUT2D eigenvalue weighted by atomic mass is 9.84. The summed E-state index contributed by atoms with van der Waals surface area (Å²) in [6.45, 7) is 14.7. The van der Waals surface area contributed by atoms with Gasteiger partial charge in [-0.3, -0.25) is 28.8 Å². The fourth-order valence-corrected chi connectivity index (χ4v) is 12.4. The van der Waals surface area contributed by atoms with Crippen molar-refractivity contribution >= 4 is 64.5 Å². The fourth-order valence-electron chi connectivity index (χ4n) is 11.3. The van der Waals surface area contributed by atoms with E-state index < -0.39 is 71.1 Å². The number of aryl methyl sites for hydroxylation is 3. The highest BCUT2D eigenvalue weighted by molar-refractivity contribution is 7.13. The third kappa shape index (κ3) is 14.5. The highest BCUT2D eigenvalue weighted by Gasteiger charge is 2.49. The van der Waals surface area contributed by atoms with Gasteiger partial charge in [-0.05, 0) is 102 Å². The normalized spacial score (nSPS) is 22.5. The van der Waals surface area contributed by atoms with Crippen LogP contribution in [-0.2, 0) is 57.7 Å². The number of fused-ring (bicyclic) bond motifs is 2. The van der Waals surface area contributed by atoms with Crippen LogP contribution in [0.5, 0.6) is 5.75 Å². The minimum atomic E-state index is -1.17. The van der Waals surface area contributed by atoms with Gasteiger partial charge in [0.05, 0.1) is 70.4 Å². The molecule has 0 radical (unpaired) electrons. The maximum absolute atomic E-state index is 14.8. The summed E-state index contributed by atoms with van der Waals surface area (Å²) in [6, 6.07) is 7.97. The molecule has 2 aromatic heterocycles. The monoisotopic (exact) mass is 1160 g/mol. The van der Waals surface area contributed by atoms with E-state index >= 15 is 0 Å². The summed E-state index contributed by atoms with van der Waals surface area (Å²) in [4.78, 5) is 105. The Morgan fingerprint density at radius 3 is 2.43 bits per heavy atom. The van der Waals surface area contributed by atoms with E-state index in [0.717, 1.165) is 27.3 Å². The van der Waals surface area contributed by atoms with E-state index in [-0.39, 0.29) is 82.0 Å². The Morgan fingerprint density at radius 2 is 1.74 bits per heavy atom. The number of hydrogen-bond acceptors (Lipinski definition) is 15. The Bertz CT molecular complexity index is 2960. The number of thiazole rings is 1. The van der Waals surface area contributed by atoms with Crippen LogP contribution >= 0.6 is 22.9 Å². The zero-order chi connectivity index (χ0) is 58.5. The SMILES string of the molecule is CC(=O)N1CC[C@H]2CC[C@@H](C(=O)N[C@@H](CCC(N)=O)COc3cccc(CCCc4nnn5c4COCC(C)(C)[C@H]5C(=O)N4C[C@H](O)C[C@H]4C(=O)N[C@@H](C)c4ccc(-c5scnc5C)cc4)c3Cl)N2C(=O)[C@@H](NC(=O)OC(C)(C)C)C1. The number of likely N-dealkylation sites (tertiary alicyclic amines) is 1. The van der Waals surface area contributed by atoms with Gasteiger partial charge in [-0.15, -0.1) is 16.4 Å². The summed E-state index contributed by atoms with van der Waals surface area (Å²) in [5.41, 5.74) is 10.7. The predicted octanol–water partition coefficient (Wildman–Crippen LogP) is 5.11. The molecule has 81 heavy (non-hydrogen) atoms. The van der Waals surface area contributed by atoms with Crippen molar-refractivity contribution in [2.24, 2.45) is 11.1 Å². The predicted molar refractivity (Wildman–Crippen MR) is 300 cm³/mol. The van der Waals surface area contributed by atoms with E-state index in [9.17, 15) is 38.7 Å². The van der Waals surface area contributed by atoms with Crippen LogP contribution in [0.4, 0.5) is 4.79 Å². The molecule has 0 saturated carbocycles. The van der Waals surface area contributed by atoms with Crippen molar-refractivity contribution in [1.82, 2.24) is 50.6 Å². The van der Waals surface area contributed by atoms with Gasteiger partial charge in [0.1, 0.15) is 42.1 Å². The smallest absolute Gasteiger partial charge is 0.408 e. The summed E-state index contributed by atoms with van der Waals surface area (Å²) in [5, 5.41) is 29.1. The summed E-state index contributed by atoms with van der Waals surface area (Å²) in [5.74, 6) is -2.18. The van der Waals surface area contributed by atoms with Crippen molar-refractivity contribution in [2.45, 2.75) is 174 Å². The molecule has 0 unspecified atom stereocenters. The largest absolute Gasteiger partial charge is 0.490 e. The lowest BCUT2D eigenvalue weighted by molar-refractivity contribution is -0.145. The van der Waals surface area contributed by atoms with Crippen molar-refractivity contribution in [2.75, 3.05) is 32.8 Å². The van der Waals surface area contributed by atoms with Crippen molar-refractivity contribution in [3.63, 3.8) is 0 Å². The van der Waals surface area contributed by atoms with E-state index in [1.54, 1.807) is 48.9 Å². The molecule has 3 saturated heterocycles. The van der Waals surface area contributed by atoms with Crippen LogP contribution in [0, 0.1) is 12.3 Å². The van der Waals surface area contributed by atoms with E-state index in [2.05, 4.69) is 31.2 Å². The van der Waals surface area contributed by atoms with Crippen LogP contribution in [0.25, 0.3) is 10.4 Å². The lowest BCUT2D eigenvalue weighted by Gasteiger charge is -2.38. The fraction of sp³-hybridized carbons (Fsp3) is 0.579. The number of aromatic nitrogens is 4. The molecule has 4 aliphatic heterocycles. The molecule has 0 bridgehead atoms. The van der Waals surface area contributed by atoms with Crippen molar-refractivity contribution in [3.05, 3.63) is 81.2 Å². The Labute approximate surface area is 481 Å². The Hall–Kier alpha value is -6.69. The number of β-amino-alcohol motifs (C(OH)–C–C–N with tert-alkyl or cyclic N) is 1. The first-order valence-electron chi connectivity index (χ1n) is 27.7. The first kappa shape index (κ1) is 60.4. The van der Waals surface area contributed by atoms with E-state index in [0.29, 0.717) is 67.2 Å². The Kier molecular flexibility index (Phi) is 19.1. The molecule has 7 amide bonds. The number of ether oxygens (including phenoxy) is 3. The number of aliphatic hydroxyl groups excluding tert-OH is 1. The van der Waals surface area contributed by atoms with Gasteiger partial charge in [-0.2, -0.15) is 0 Å². The molecule has 2 aromatic carbocycles. The van der Waals surface area contributed by atoms with Crippen molar-refractivity contribution in [3.8, 4) is 16.2 Å². The van der Waals surface area contributed by atoms with E-state index in [4.69, 9.17) is 31.5 Å². The number of alkyl carbamates (subject to hydrolysis) is 1. The second-order valence-corrected chi connectivity index (χ2v) is 24.6. The van der Waals surface area contributed by atoms with Gasteiger partial charge in [0, 0.05) is 44.3 Å². The number of amides is 7.